The Hall–Kier alpha value is -7.11. The number of aromatic nitrogens is 2. The van der Waals surface area contributed by atoms with Crippen LogP contribution in [0.4, 0.5) is 22.7 Å². The summed E-state index contributed by atoms with van der Waals surface area (Å²) in [5, 5.41) is 9.29. The zero-order chi connectivity index (χ0) is 56.6. The van der Waals surface area contributed by atoms with Gasteiger partial charge in [0, 0.05) is 45.9 Å². The van der Waals surface area contributed by atoms with Crippen molar-refractivity contribution in [2.75, 3.05) is 10.6 Å². The van der Waals surface area contributed by atoms with E-state index in [0.29, 0.717) is 45.3 Å². The third kappa shape index (κ3) is 7.26. The number of pyridine rings is 1. The quantitative estimate of drug-likeness (QED) is 0.152. The molecule has 5 heteroatoms. The van der Waals surface area contributed by atoms with E-state index >= 15 is 0 Å². The lowest BCUT2D eigenvalue weighted by molar-refractivity contribution is 0.125. The molecule has 1 aliphatic carbocycles. The number of ether oxygens (including phenoxy) is 1. The van der Waals surface area contributed by atoms with Gasteiger partial charge in [-0.25, -0.2) is 4.98 Å². The molecule has 1 aliphatic rings. The van der Waals surface area contributed by atoms with Crippen molar-refractivity contribution in [1.82, 2.24) is 9.55 Å². The lowest BCUT2D eigenvalue weighted by Gasteiger charge is -2.44. The monoisotopic (exact) mass is 903 g/mol. The van der Waals surface area contributed by atoms with E-state index < -0.39 is 60.4 Å². The summed E-state index contributed by atoms with van der Waals surface area (Å²) in [7, 11) is 0. The molecule has 0 saturated heterocycles. The fraction of sp³-hybridized carbons (Fsp3) is 0.254. The van der Waals surface area contributed by atoms with E-state index in [0.717, 1.165) is 27.6 Å². The maximum absolute atomic E-state index is 9.14. The minimum atomic E-state index is -0.556. The SMILES string of the molecule is [2H]c1c([2H])c([2H])c(-c2c(C)c(C)c(C)c(-c3c([2H])c([2H])c([2H])c([2H])c3[2H])c2Nc2ccccc2Nc2cccc(Oc3ccc4c5cc6c(cc5n(-c5cc(C(C)(C)C)ccn5)c4c3)C(C)(C)C(C)(C)C6(C)C)c2)c([2H])c1[2H]. The fourth-order valence-corrected chi connectivity index (χ4v) is 10.3. The number of nitrogens with zero attached hydrogens (tertiary/aromatic N) is 2. The highest BCUT2D eigenvalue weighted by Gasteiger charge is 2.57. The summed E-state index contributed by atoms with van der Waals surface area (Å²) in [6.07, 6.45) is 1.89. The summed E-state index contributed by atoms with van der Waals surface area (Å²) < 4.78 is 97.0. The van der Waals surface area contributed by atoms with Crippen molar-refractivity contribution in [2.45, 2.75) is 99.3 Å². The zero-order valence-corrected chi connectivity index (χ0v) is 41.0. The zero-order valence-electron chi connectivity index (χ0n) is 51.0. The van der Waals surface area contributed by atoms with Gasteiger partial charge in [-0.15, -0.1) is 0 Å². The summed E-state index contributed by atoms with van der Waals surface area (Å²) in [4.78, 5) is 5.00. The highest BCUT2D eigenvalue weighted by molar-refractivity contribution is 6.10. The van der Waals surface area contributed by atoms with Crippen LogP contribution in [0.3, 0.4) is 0 Å². The van der Waals surface area contributed by atoms with E-state index in [9.17, 15) is 0 Å². The highest BCUT2D eigenvalue weighted by atomic mass is 16.5. The normalized spacial score (nSPS) is 16.9. The van der Waals surface area contributed by atoms with E-state index in [1.54, 1.807) is 13.8 Å². The Kier molecular flexibility index (Phi) is 8.20. The summed E-state index contributed by atoms with van der Waals surface area (Å²) in [5.74, 6) is 2.00. The Morgan fingerprint density at radius 1 is 0.574 bits per heavy atom. The van der Waals surface area contributed by atoms with Gasteiger partial charge in [0.25, 0.3) is 0 Å². The van der Waals surface area contributed by atoms with Gasteiger partial charge in [0.1, 0.15) is 17.3 Å². The first-order chi connectivity index (χ1) is 36.5. The molecule has 5 nitrogen and oxygen atoms in total. The molecule has 0 spiro atoms. The number of anilines is 4. The molecule has 0 fully saturated rings. The second-order valence-corrected chi connectivity index (χ2v) is 20.9. The maximum atomic E-state index is 9.14. The molecule has 0 atom stereocenters. The van der Waals surface area contributed by atoms with Crippen molar-refractivity contribution in [3.05, 3.63) is 191 Å². The number of nitrogens with one attached hydrogen (secondary N) is 2. The molecule has 0 bridgehead atoms. The second kappa shape index (κ2) is 16.3. The molecule has 2 heterocycles. The Balaban J connectivity index is 1.08. The van der Waals surface area contributed by atoms with Crippen LogP contribution in [0.1, 0.15) is 109 Å². The average molecular weight is 903 g/mol. The average Bonchev–Trinajstić information content (AvgIpc) is 3.90. The number of para-hydroxylation sites is 2. The number of hydrogen-bond donors (Lipinski definition) is 2. The van der Waals surface area contributed by atoms with Gasteiger partial charge in [-0.05, 0) is 148 Å². The van der Waals surface area contributed by atoms with E-state index in [1.165, 1.54) is 16.7 Å². The molecular weight excluding hydrogens is 829 g/mol. The molecule has 0 saturated carbocycles. The van der Waals surface area contributed by atoms with E-state index in [1.807, 2.05) is 67.7 Å². The number of benzene rings is 7. The van der Waals surface area contributed by atoms with Crippen molar-refractivity contribution in [3.63, 3.8) is 0 Å². The predicted octanol–water partition coefficient (Wildman–Crippen LogP) is 17.6. The minimum absolute atomic E-state index is 0.0174. The topological polar surface area (TPSA) is 51.1 Å². The molecule has 68 heavy (non-hydrogen) atoms. The Morgan fingerprint density at radius 3 is 1.76 bits per heavy atom. The van der Waals surface area contributed by atoms with Crippen molar-refractivity contribution in [3.8, 4) is 39.6 Å². The number of rotatable bonds is 9. The third-order valence-electron chi connectivity index (χ3n) is 15.6. The Bertz CT molecular complexity index is 3860. The smallest absolute Gasteiger partial charge is 0.137 e. The lowest BCUT2D eigenvalue weighted by Crippen LogP contribution is -2.42. The van der Waals surface area contributed by atoms with Crippen molar-refractivity contribution >= 4 is 44.6 Å². The molecule has 0 amide bonds. The van der Waals surface area contributed by atoms with Crippen molar-refractivity contribution < 1.29 is 18.4 Å². The molecule has 10 rings (SSSR count). The molecule has 342 valence electrons. The largest absolute Gasteiger partial charge is 0.457 e. The first-order valence-corrected chi connectivity index (χ1v) is 23.3. The van der Waals surface area contributed by atoms with E-state index in [2.05, 4.69) is 114 Å². The highest BCUT2D eigenvalue weighted by Crippen LogP contribution is 2.62. The molecule has 9 aromatic rings. The van der Waals surface area contributed by atoms with Gasteiger partial charge in [0.2, 0.25) is 0 Å². The van der Waals surface area contributed by atoms with Crippen LogP contribution in [0, 0.1) is 26.2 Å². The lowest BCUT2D eigenvalue weighted by atomic mass is 9.59. The molecule has 0 aliphatic heterocycles. The van der Waals surface area contributed by atoms with Crippen LogP contribution >= 0.6 is 0 Å². The van der Waals surface area contributed by atoms with E-state index in [-0.39, 0.29) is 49.6 Å². The van der Waals surface area contributed by atoms with Crippen LogP contribution in [-0.2, 0) is 16.2 Å². The molecule has 0 radical (unpaired) electrons. The summed E-state index contributed by atoms with van der Waals surface area (Å²) >= 11 is 0. The van der Waals surface area contributed by atoms with Gasteiger partial charge in [0.15, 0.2) is 0 Å². The molecule has 0 unspecified atom stereocenters. The van der Waals surface area contributed by atoms with Crippen molar-refractivity contribution in [1.29, 1.82) is 0 Å². The van der Waals surface area contributed by atoms with Crippen LogP contribution in [0.15, 0.2) is 158 Å². The predicted molar refractivity (Wildman–Crippen MR) is 288 cm³/mol. The van der Waals surface area contributed by atoms with E-state index in [4.69, 9.17) is 23.4 Å². The third-order valence-corrected chi connectivity index (χ3v) is 15.6. The maximum Gasteiger partial charge on any atom is 0.137 e. The van der Waals surface area contributed by atoms with Gasteiger partial charge in [0.05, 0.1) is 41.8 Å². The minimum Gasteiger partial charge on any atom is -0.457 e. The van der Waals surface area contributed by atoms with Crippen LogP contribution < -0.4 is 15.4 Å². The first kappa shape index (κ1) is 34.2. The van der Waals surface area contributed by atoms with Gasteiger partial charge < -0.3 is 15.4 Å². The fourth-order valence-electron chi connectivity index (χ4n) is 10.3. The summed E-state index contributed by atoms with van der Waals surface area (Å²) in [6, 6.07) is 25.2. The van der Waals surface area contributed by atoms with Crippen LogP contribution in [0.25, 0.3) is 49.9 Å². The Labute approximate surface area is 417 Å². The Morgan fingerprint density at radius 2 is 1.15 bits per heavy atom. The van der Waals surface area contributed by atoms with Crippen LogP contribution in [0.2, 0.25) is 0 Å². The standard InChI is InChI=1S/C63H64N4O/c1-39-40(2)57(42-22-15-13-16-23-42)59(58(41(39)3)43-24-17-14-18-25-43)66-53-29-20-19-28-52(53)65-45-26-21-27-46(35-45)68-47-30-31-48-49-37-50-51(62(9,10)63(11,12)61(50,7)8)38-55(49)67(54(48)36-47)56-34-44(32-33-64-56)60(4,5)6/h13-38,65-66H,1-12H3/i13D,14D,15D,16D,17D,18D,22D,23D,24D,25D. The molecule has 2 aromatic heterocycles. The molecule has 2 N–H and O–H groups in total. The first-order valence-electron chi connectivity index (χ1n) is 28.3. The summed E-state index contributed by atoms with van der Waals surface area (Å²) in [6.45, 7) is 26.2. The molecular formula is C63H64N4O. The van der Waals surface area contributed by atoms with Gasteiger partial charge in [-0.1, -0.05) is 141 Å². The van der Waals surface area contributed by atoms with Gasteiger partial charge in [-0.3, -0.25) is 4.57 Å². The summed E-state index contributed by atoms with van der Waals surface area (Å²) in [5.41, 5.74) is 9.58. The van der Waals surface area contributed by atoms with Crippen LogP contribution in [0.5, 0.6) is 11.5 Å². The van der Waals surface area contributed by atoms with Gasteiger partial charge in [-0.2, -0.15) is 0 Å². The number of fused-ring (bicyclic) bond motifs is 4. The molecule has 7 aromatic carbocycles. The van der Waals surface area contributed by atoms with Crippen LogP contribution in [-0.4, -0.2) is 9.55 Å². The second-order valence-electron chi connectivity index (χ2n) is 20.9. The number of hydrogen-bond acceptors (Lipinski definition) is 4. The van der Waals surface area contributed by atoms with Gasteiger partial charge >= 0.3 is 0 Å². The van der Waals surface area contributed by atoms with Crippen molar-refractivity contribution in [2.24, 2.45) is 5.41 Å².